The van der Waals surface area contributed by atoms with Gasteiger partial charge in [-0.2, -0.15) is 0 Å². The zero-order valence-corrected chi connectivity index (χ0v) is 13.9. The minimum atomic E-state index is 0.107. The first kappa shape index (κ1) is 16.0. The molecule has 2 aliphatic heterocycles. The second kappa shape index (κ2) is 7.12. The summed E-state index contributed by atoms with van der Waals surface area (Å²) in [4.78, 5) is 27.4. The highest BCUT2D eigenvalue weighted by atomic mass is 16.5. The van der Waals surface area contributed by atoms with Gasteiger partial charge in [0.15, 0.2) is 0 Å². The molecule has 7 nitrogen and oxygen atoms in total. The second-order valence-electron chi connectivity index (χ2n) is 6.25. The van der Waals surface area contributed by atoms with Crippen LogP contribution in [0.15, 0.2) is 12.4 Å². The molecule has 23 heavy (non-hydrogen) atoms. The maximum Gasteiger partial charge on any atom is 0.320 e. The second-order valence-corrected chi connectivity index (χ2v) is 6.25. The number of ether oxygens (including phenoxy) is 1. The van der Waals surface area contributed by atoms with Gasteiger partial charge >= 0.3 is 6.03 Å². The van der Waals surface area contributed by atoms with Crippen LogP contribution in [0.1, 0.15) is 18.5 Å². The molecule has 7 heteroatoms. The summed E-state index contributed by atoms with van der Waals surface area (Å²) in [6, 6.07) is 0.317. The van der Waals surface area contributed by atoms with Crippen molar-refractivity contribution in [2.45, 2.75) is 25.8 Å². The quantitative estimate of drug-likeness (QED) is 0.818. The van der Waals surface area contributed by atoms with Crippen LogP contribution in [-0.2, 0) is 4.74 Å². The molecule has 1 aromatic heterocycles. The Balaban J connectivity index is 1.64. The fraction of sp³-hybridized carbons (Fsp3) is 0.688. The number of aromatic nitrogens is 2. The van der Waals surface area contributed by atoms with Gasteiger partial charge in [-0.3, -0.25) is 4.98 Å². The summed E-state index contributed by atoms with van der Waals surface area (Å²) < 4.78 is 5.33. The first-order chi connectivity index (χ1) is 11.1. The number of hydrogen-bond donors (Lipinski definition) is 0. The summed E-state index contributed by atoms with van der Waals surface area (Å²) in [6.45, 7) is 6.36. The maximum atomic E-state index is 12.6. The number of aryl methyl sites for hydroxylation is 1. The Bertz CT molecular complexity index is 547. The van der Waals surface area contributed by atoms with Gasteiger partial charge in [-0.1, -0.05) is 0 Å². The van der Waals surface area contributed by atoms with Gasteiger partial charge < -0.3 is 19.4 Å². The Kier molecular flexibility index (Phi) is 4.95. The molecule has 0 radical (unpaired) electrons. The Labute approximate surface area is 137 Å². The molecule has 126 valence electrons. The van der Waals surface area contributed by atoms with Crippen LogP contribution in [0.4, 0.5) is 10.6 Å². The molecular formula is C16H25N5O2. The first-order valence-corrected chi connectivity index (χ1v) is 8.28. The lowest BCUT2D eigenvalue weighted by molar-refractivity contribution is 0.0414. The van der Waals surface area contributed by atoms with E-state index in [0.717, 1.165) is 37.4 Å². The van der Waals surface area contributed by atoms with Crippen LogP contribution in [-0.4, -0.2) is 78.3 Å². The fourth-order valence-corrected chi connectivity index (χ4v) is 3.22. The number of rotatable bonds is 2. The lowest BCUT2D eigenvalue weighted by Crippen LogP contribution is -2.54. The number of likely N-dealkylation sites (N-methyl/N-ethyl adjacent to an activating group) is 1. The average molecular weight is 319 g/mol. The Morgan fingerprint density at radius 3 is 2.83 bits per heavy atom. The lowest BCUT2D eigenvalue weighted by Gasteiger charge is -2.40. The van der Waals surface area contributed by atoms with Gasteiger partial charge in [-0.15, -0.1) is 0 Å². The van der Waals surface area contributed by atoms with E-state index in [0.29, 0.717) is 26.3 Å². The first-order valence-electron chi connectivity index (χ1n) is 8.28. The predicted octanol–water partition coefficient (Wildman–Crippen LogP) is 1.14. The molecule has 2 aliphatic rings. The van der Waals surface area contributed by atoms with E-state index < -0.39 is 0 Å². The number of anilines is 1. The summed E-state index contributed by atoms with van der Waals surface area (Å²) in [7, 11) is 1.91. The van der Waals surface area contributed by atoms with Crippen molar-refractivity contribution in [1.82, 2.24) is 19.8 Å². The summed E-state index contributed by atoms with van der Waals surface area (Å²) in [5.74, 6) is 0.905. The van der Waals surface area contributed by atoms with E-state index in [-0.39, 0.29) is 12.1 Å². The molecule has 0 aromatic carbocycles. The molecule has 1 atom stereocenters. The highest BCUT2D eigenvalue weighted by Gasteiger charge is 2.29. The lowest BCUT2D eigenvalue weighted by atomic mass is 10.0. The fourth-order valence-electron chi connectivity index (χ4n) is 3.22. The molecule has 3 heterocycles. The van der Waals surface area contributed by atoms with E-state index in [9.17, 15) is 4.79 Å². The number of carbonyl (C=O) groups is 1. The molecule has 0 N–H and O–H groups in total. The van der Waals surface area contributed by atoms with E-state index in [1.807, 2.05) is 23.8 Å². The highest BCUT2D eigenvalue weighted by molar-refractivity contribution is 5.74. The van der Waals surface area contributed by atoms with Crippen molar-refractivity contribution in [3.05, 3.63) is 18.1 Å². The number of morpholine rings is 1. The van der Waals surface area contributed by atoms with Crippen molar-refractivity contribution >= 4 is 11.8 Å². The molecule has 2 amide bonds. The van der Waals surface area contributed by atoms with Crippen LogP contribution in [0.5, 0.6) is 0 Å². The van der Waals surface area contributed by atoms with E-state index in [1.165, 1.54) is 0 Å². The molecular weight excluding hydrogens is 294 g/mol. The van der Waals surface area contributed by atoms with Crippen molar-refractivity contribution in [2.75, 3.05) is 51.3 Å². The van der Waals surface area contributed by atoms with Gasteiger partial charge in [-0.05, 0) is 19.8 Å². The average Bonchev–Trinajstić information content (AvgIpc) is 2.61. The molecule has 0 saturated carbocycles. The Morgan fingerprint density at radius 2 is 2.09 bits per heavy atom. The van der Waals surface area contributed by atoms with Gasteiger partial charge in [0, 0.05) is 39.4 Å². The Hall–Kier alpha value is -1.89. The molecule has 0 bridgehead atoms. The SMILES string of the molecule is Cc1cncc(N2CCCC(N(C)C(=O)N3CCOCC3)C2)n1. The number of amides is 2. The minimum Gasteiger partial charge on any atom is -0.378 e. The third-order valence-corrected chi connectivity index (χ3v) is 4.59. The van der Waals surface area contributed by atoms with Crippen LogP contribution >= 0.6 is 0 Å². The van der Waals surface area contributed by atoms with Crippen LogP contribution < -0.4 is 4.90 Å². The summed E-state index contributed by atoms with van der Waals surface area (Å²) in [5, 5.41) is 0. The topological polar surface area (TPSA) is 61.8 Å². The number of piperidine rings is 1. The van der Waals surface area contributed by atoms with Crippen LogP contribution in [0.25, 0.3) is 0 Å². The molecule has 0 aliphatic carbocycles. The van der Waals surface area contributed by atoms with Crippen LogP contribution in [0.2, 0.25) is 0 Å². The Morgan fingerprint density at radius 1 is 1.30 bits per heavy atom. The highest BCUT2D eigenvalue weighted by Crippen LogP contribution is 2.21. The van der Waals surface area contributed by atoms with E-state index in [2.05, 4.69) is 14.9 Å². The predicted molar refractivity (Wildman–Crippen MR) is 87.6 cm³/mol. The van der Waals surface area contributed by atoms with Crippen molar-refractivity contribution in [3.8, 4) is 0 Å². The van der Waals surface area contributed by atoms with Gasteiger partial charge in [0.05, 0.1) is 31.1 Å². The van der Waals surface area contributed by atoms with Crippen molar-refractivity contribution in [2.24, 2.45) is 0 Å². The van der Waals surface area contributed by atoms with Gasteiger partial charge in [0.1, 0.15) is 5.82 Å². The van der Waals surface area contributed by atoms with Gasteiger partial charge in [0.2, 0.25) is 0 Å². The molecule has 0 spiro atoms. The van der Waals surface area contributed by atoms with Gasteiger partial charge in [-0.25, -0.2) is 9.78 Å². The standard InChI is InChI=1S/C16H25N5O2/c1-13-10-17-11-15(18-13)21-5-3-4-14(12-21)19(2)16(22)20-6-8-23-9-7-20/h10-11,14H,3-9,12H2,1-2H3. The molecule has 1 aromatic rings. The number of urea groups is 1. The molecule has 1 unspecified atom stereocenters. The third kappa shape index (κ3) is 3.72. The summed E-state index contributed by atoms with van der Waals surface area (Å²) in [6.07, 6.45) is 5.65. The monoisotopic (exact) mass is 319 g/mol. The summed E-state index contributed by atoms with van der Waals surface area (Å²) >= 11 is 0. The maximum absolute atomic E-state index is 12.6. The zero-order valence-electron chi connectivity index (χ0n) is 13.9. The summed E-state index contributed by atoms with van der Waals surface area (Å²) in [5.41, 5.74) is 0.919. The number of nitrogens with zero attached hydrogens (tertiary/aromatic N) is 5. The van der Waals surface area contributed by atoms with Gasteiger partial charge in [0.25, 0.3) is 0 Å². The van der Waals surface area contributed by atoms with Crippen LogP contribution in [0.3, 0.4) is 0 Å². The molecule has 3 rings (SSSR count). The van der Waals surface area contributed by atoms with Crippen LogP contribution in [0, 0.1) is 6.92 Å². The van der Waals surface area contributed by atoms with Crippen molar-refractivity contribution < 1.29 is 9.53 Å². The smallest absolute Gasteiger partial charge is 0.320 e. The largest absolute Gasteiger partial charge is 0.378 e. The number of hydrogen-bond acceptors (Lipinski definition) is 5. The van der Waals surface area contributed by atoms with E-state index >= 15 is 0 Å². The molecule has 2 fully saturated rings. The van der Waals surface area contributed by atoms with Crippen molar-refractivity contribution in [1.29, 1.82) is 0 Å². The zero-order chi connectivity index (χ0) is 16.2. The number of carbonyl (C=O) groups excluding carboxylic acids is 1. The normalized spacial score (nSPS) is 22.1. The minimum absolute atomic E-state index is 0.107. The van der Waals surface area contributed by atoms with E-state index in [1.54, 1.807) is 12.4 Å². The van der Waals surface area contributed by atoms with E-state index in [4.69, 9.17) is 4.74 Å². The van der Waals surface area contributed by atoms with Crippen molar-refractivity contribution in [3.63, 3.8) is 0 Å². The third-order valence-electron chi connectivity index (χ3n) is 4.59. The molecule has 2 saturated heterocycles.